The highest BCUT2D eigenvalue weighted by atomic mass is 32.1. The van der Waals surface area contributed by atoms with E-state index in [9.17, 15) is 5.11 Å². The zero-order valence-electron chi connectivity index (χ0n) is 7.69. The number of nitrogens with zero attached hydrogens (tertiary/aromatic N) is 1. The van der Waals surface area contributed by atoms with E-state index in [0.29, 0.717) is 5.13 Å². The van der Waals surface area contributed by atoms with Crippen LogP contribution in [-0.2, 0) is 0 Å². The molecule has 3 nitrogen and oxygen atoms in total. The Labute approximate surface area is 85.8 Å². The van der Waals surface area contributed by atoms with Gasteiger partial charge in [0.2, 0.25) is 0 Å². The highest BCUT2D eigenvalue weighted by Gasteiger charge is 2.07. The number of nitrogen functional groups attached to an aromatic ring is 1. The van der Waals surface area contributed by atoms with Crippen LogP contribution in [0.1, 0.15) is 5.56 Å². The van der Waals surface area contributed by atoms with Gasteiger partial charge in [-0.25, -0.2) is 4.98 Å². The number of anilines is 1. The maximum Gasteiger partial charge on any atom is 0.180 e. The van der Waals surface area contributed by atoms with Crippen molar-refractivity contribution in [3.63, 3.8) is 0 Å². The minimum atomic E-state index is 0.237. The van der Waals surface area contributed by atoms with E-state index in [4.69, 9.17) is 5.73 Å². The van der Waals surface area contributed by atoms with Gasteiger partial charge in [0.05, 0.1) is 5.69 Å². The quantitative estimate of drug-likeness (QED) is 0.753. The van der Waals surface area contributed by atoms with Crippen molar-refractivity contribution in [3.8, 4) is 17.0 Å². The van der Waals surface area contributed by atoms with Gasteiger partial charge in [-0.05, 0) is 19.1 Å². The summed E-state index contributed by atoms with van der Waals surface area (Å²) in [5.74, 6) is 0.237. The van der Waals surface area contributed by atoms with E-state index in [-0.39, 0.29) is 5.75 Å². The fraction of sp³-hybridized carbons (Fsp3) is 0.100. The molecule has 2 aromatic rings. The third-order valence-electron chi connectivity index (χ3n) is 1.95. The molecule has 0 amide bonds. The Morgan fingerprint density at radius 1 is 1.43 bits per heavy atom. The van der Waals surface area contributed by atoms with Gasteiger partial charge in [0.1, 0.15) is 5.75 Å². The molecular weight excluding hydrogens is 196 g/mol. The van der Waals surface area contributed by atoms with Crippen LogP contribution >= 0.6 is 11.3 Å². The predicted octanol–water partition coefficient (Wildman–Crippen LogP) is 2.41. The molecule has 14 heavy (non-hydrogen) atoms. The molecule has 0 fully saturated rings. The lowest BCUT2D eigenvalue weighted by Gasteiger charge is -2.01. The molecule has 2 rings (SSSR count). The van der Waals surface area contributed by atoms with Crippen LogP contribution in [-0.4, -0.2) is 10.1 Å². The normalized spacial score (nSPS) is 10.4. The van der Waals surface area contributed by atoms with Crippen LogP contribution in [0.2, 0.25) is 0 Å². The van der Waals surface area contributed by atoms with Gasteiger partial charge in [0.25, 0.3) is 0 Å². The fourth-order valence-electron chi connectivity index (χ4n) is 1.27. The lowest BCUT2D eigenvalue weighted by atomic mass is 10.1. The Hall–Kier alpha value is -1.55. The minimum absolute atomic E-state index is 0.237. The summed E-state index contributed by atoms with van der Waals surface area (Å²) in [5, 5.41) is 12.0. The van der Waals surface area contributed by atoms with Gasteiger partial charge >= 0.3 is 0 Å². The Bertz CT molecular complexity index is 465. The van der Waals surface area contributed by atoms with Gasteiger partial charge < -0.3 is 10.8 Å². The van der Waals surface area contributed by atoms with Gasteiger partial charge in [-0.15, -0.1) is 11.3 Å². The molecule has 0 radical (unpaired) electrons. The number of rotatable bonds is 1. The number of aromatic nitrogens is 1. The molecule has 0 aliphatic rings. The number of aryl methyl sites for hydroxylation is 1. The van der Waals surface area contributed by atoms with Gasteiger partial charge in [-0.1, -0.05) is 11.6 Å². The molecule has 1 aromatic carbocycles. The summed E-state index contributed by atoms with van der Waals surface area (Å²) < 4.78 is 0. The first-order chi connectivity index (χ1) is 6.66. The number of thiazole rings is 1. The first-order valence-electron chi connectivity index (χ1n) is 4.18. The Morgan fingerprint density at radius 3 is 2.86 bits per heavy atom. The molecule has 3 N–H and O–H groups in total. The van der Waals surface area contributed by atoms with Crippen LogP contribution < -0.4 is 5.73 Å². The van der Waals surface area contributed by atoms with Crippen LogP contribution in [0.5, 0.6) is 5.75 Å². The molecule has 72 valence electrons. The Morgan fingerprint density at radius 2 is 2.21 bits per heavy atom. The van der Waals surface area contributed by atoms with Crippen molar-refractivity contribution in [1.29, 1.82) is 0 Å². The van der Waals surface area contributed by atoms with Crippen molar-refractivity contribution < 1.29 is 5.11 Å². The van der Waals surface area contributed by atoms with Crippen molar-refractivity contribution >= 4 is 16.5 Å². The third kappa shape index (κ3) is 1.56. The highest BCUT2D eigenvalue weighted by molar-refractivity contribution is 7.13. The van der Waals surface area contributed by atoms with Gasteiger partial charge in [-0.2, -0.15) is 0 Å². The summed E-state index contributed by atoms with van der Waals surface area (Å²) >= 11 is 1.37. The lowest BCUT2D eigenvalue weighted by Crippen LogP contribution is -1.84. The molecule has 1 aromatic heterocycles. The van der Waals surface area contributed by atoms with Crippen molar-refractivity contribution in [2.75, 3.05) is 5.73 Å². The average molecular weight is 206 g/mol. The van der Waals surface area contributed by atoms with Crippen molar-refractivity contribution in [3.05, 3.63) is 29.1 Å². The molecule has 0 aliphatic heterocycles. The summed E-state index contributed by atoms with van der Waals surface area (Å²) in [6.45, 7) is 1.97. The van der Waals surface area contributed by atoms with E-state index in [1.165, 1.54) is 11.3 Å². The van der Waals surface area contributed by atoms with Gasteiger partial charge in [-0.3, -0.25) is 0 Å². The van der Waals surface area contributed by atoms with Crippen molar-refractivity contribution in [2.24, 2.45) is 0 Å². The average Bonchev–Trinajstić information content (AvgIpc) is 2.56. The summed E-state index contributed by atoms with van der Waals surface area (Å²) in [4.78, 5) is 4.12. The van der Waals surface area contributed by atoms with Crippen LogP contribution in [0, 0.1) is 6.92 Å². The van der Waals surface area contributed by atoms with E-state index < -0.39 is 0 Å². The lowest BCUT2D eigenvalue weighted by molar-refractivity contribution is 0.477. The number of phenolic OH excluding ortho intramolecular Hbond substituents is 1. The highest BCUT2D eigenvalue weighted by Crippen LogP contribution is 2.31. The molecule has 0 unspecified atom stereocenters. The second-order valence-corrected chi connectivity index (χ2v) is 3.98. The van der Waals surface area contributed by atoms with Crippen LogP contribution in [0.3, 0.4) is 0 Å². The molecule has 1 heterocycles. The van der Waals surface area contributed by atoms with E-state index in [0.717, 1.165) is 16.8 Å². The zero-order chi connectivity index (χ0) is 10.1. The number of hydrogen-bond acceptors (Lipinski definition) is 4. The molecule has 0 saturated carbocycles. The smallest absolute Gasteiger partial charge is 0.180 e. The standard InChI is InChI=1S/C10H10N2OS/c1-6-2-3-9(13)7(4-6)8-5-14-10(11)12-8/h2-5,13H,1H3,(H2,11,12). The number of hydrogen-bond donors (Lipinski definition) is 2. The monoisotopic (exact) mass is 206 g/mol. The predicted molar refractivity (Wildman–Crippen MR) is 58.4 cm³/mol. The van der Waals surface area contributed by atoms with Crippen LogP contribution in [0.25, 0.3) is 11.3 Å². The van der Waals surface area contributed by atoms with E-state index in [1.54, 1.807) is 6.07 Å². The number of benzene rings is 1. The molecule has 0 bridgehead atoms. The SMILES string of the molecule is Cc1ccc(O)c(-c2csc(N)n2)c1. The first-order valence-corrected chi connectivity index (χ1v) is 5.06. The molecular formula is C10H10N2OS. The summed E-state index contributed by atoms with van der Waals surface area (Å²) in [5.41, 5.74) is 8.08. The number of aromatic hydroxyl groups is 1. The molecule has 0 saturated heterocycles. The number of phenols is 1. The zero-order valence-corrected chi connectivity index (χ0v) is 8.51. The summed E-state index contributed by atoms with van der Waals surface area (Å²) in [6, 6.07) is 5.42. The third-order valence-corrected chi connectivity index (χ3v) is 2.62. The largest absolute Gasteiger partial charge is 0.507 e. The second kappa shape index (κ2) is 3.31. The van der Waals surface area contributed by atoms with E-state index in [2.05, 4.69) is 4.98 Å². The topological polar surface area (TPSA) is 59.1 Å². The van der Waals surface area contributed by atoms with Crippen LogP contribution in [0.4, 0.5) is 5.13 Å². The molecule has 0 spiro atoms. The van der Waals surface area contributed by atoms with Gasteiger partial charge in [0, 0.05) is 10.9 Å². The second-order valence-electron chi connectivity index (χ2n) is 3.09. The minimum Gasteiger partial charge on any atom is -0.507 e. The number of nitrogens with two attached hydrogens (primary N) is 1. The fourth-order valence-corrected chi connectivity index (χ4v) is 1.83. The van der Waals surface area contributed by atoms with Crippen LogP contribution in [0.15, 0.2) is 23.6 Å². The Kier molecular flexibility index (Phi) is 2.13. The molecule has 4 heteroatoms. The molecule has 0 atom stereocenters. The Balaban J connectivity index is 2.55. The maximum absolute atomic E-state index is 9.62. The van der Waals surface area contributed by atoms with Gasteiger partial charge in [0.15, 0.2) is 5.13 Å². The first kappa shape index (κ1) is 9.02. The van der Waals surface area contributed by atoms with E-state index in [1.807, 2.05) is 24.4 Å². The van der Waals surface area contributed by atoms with E-state index >= 15 is 0 Å². The molecule has 0 aliphatic carbocycles. The maximum atomic E-state index is 9.62. The summed E-state index contributed by atoms with van der Waals surface area (Å²) in [6.07, 6.45) is 0. The van der Waals surface area contributed by atoms with Crippen molar-refractivity contribution in [1.82, 2.24) is 4.98 Å². The summed E-state index contributed by atoms with van der Waals surface area (Å²) in [7, 11) is 0. The van der Waals surface area contributed by atoms with Crippen molar-refractivity contribution in [2.45, 2.75) is 6.92 Å².